The standard InChI is InChI=1S/C14H13N5OS/c15-9-4-5-10-11(7-9)18-14(17-10)21-8-13(20)19-12-3-1-2-6-16-12/h1-7H,8,15H2,(H,17,18)(H,16,19,20). The Morgan fingerprint density at radius 1 is 1.33 bits per heavy atom. The topological polar surface area (TPSA) is 96.7 Å². The number of fused-ring (bicyclic) bond motifs is 1. The Morgan fingerprint density at radius 3 is 3.05 bits per heavy atom. The number of thioether (sulfide) groups is 1. The lowest BCUT2D eigenvalue weighted by molar-refractivity contribution is -0.113. The number of hydrogen-bond donors (Lipinski definition) is 3. The summed E-state index contributed by atoms with van der Waals surface area (Å²) in [6.07, 6.45) is 1.63. The summed E-state index contributed by atoms with van der Waals surface area (Å²) in [5.74, 6) is 0.672. The van der Waals surface area contributed by atoms with Crippen molar-refractivity contribution in [2.75, 3.05) is 16.8 Å². The van der Waals surface area contributed by atoms with Crippen LogP contribution in [0, 0.1) is 0 Å². The van der Waals surface area contributed by atoms with Gasteiger partial charge in [-0.15, -0.1) is 0 Å². The summed E-state index contributed by atoms with van der Waals surface area (Å²) in [5, 5.41) is 3.41. The molecule has 0 unspecified atom stereocenters. The molecule has 0 fully saturated rings. The number of amides is 1. The minimum Gasteiger partial charge on any atom is -0.399 e. The van der Waals surface area contributed by atoms with Crippen molar-refractivity contribution in [1.29, 1.82) is 0 Å². The number of nitrogen functional groups attached to an aromatic ring is 1. The van der Waals surface area contributed by atoms with Crippen LogP contribution in [0.2, 0.25) is 0 Å². The molecule has 6 nitrogen and oxygen atoms in total. The zero-order chi connectivity index (χ0) is 14.7. The molecule has 3 rings (SSSR count). The fourth-order valence-electron chi connectivity index (χ4n) is 1.82. The molecule has 21 heavy (non-hydrogen) atoms. The Bertz CT molecular complexity index is 771. The molecule has 0 aliphatic carbocycles. The van der Waals surface area contributed by atoms with Crippen LogP contribution in [0.4, 0.5) is 11.5 Å². The van der Waals surface area contributed by atoms with Crippen LogP contribution in [0.1, 0.15) is 0 Å². The van der Waals surface area contributed by atoms with Crippen molar-refractivity contribution in [2.45, 2.75) is 5.16 Å². The lowest BCUT2D eigenvalue weighted by atomic mass is 10.3. The molecule has 0 atom stereocenters. The van der Waals surface area contributed by atoms with Gasteiger partial charge in [0.15, 0.2) is 5.16 Å². The molecule has 0 spiro atoms. The Kier molecular flexibility index (Phi) is 3.74. The number of benzene rings is 1. The second-order valence-electron chi connectivity index (χ2n) is 4.37. The minimum absolute atomic E-state index is 0.126. The zero-order valence-electron chi connectivity index (χ0n) is 11.0. The van der Waals surface area contributed by atoms with E-state index in [1.807, 2.05) is 18.2 Å². The van der Waals surface area contributed by atoms with Crippen molar-refractivity contribution in [3.05, 3.63) is 42.6 Å². The van der Waals surface area contributed by atoms with Gasteiger partial charge in [-0.05, 0) is 30.3 Å². The molecule has 0 aliphatic heterocycles. The summed E-state index contributed by atoms with van der Waals surface area (Å²) < 4.78 is 0. The van der Waals surface area contributed by atoms with Crippen LogP contribution in [-0.2, 0) is 4.79 Å². The first-order chi connectivity index (χ1) is 10.2. The number of nitrogens with zero attached hydrogens (tertiary/aromatic N) is 2. The largest absolute Gasteiger partial charge is 0.399 e. The fraction of sp³-hybridized carbons (Fsp3) is 0.0714. The highest BCUT2D eigenvalue weighted by Crippen LogP contribution is 2.21. The molecule has 1 amide bonds. The van der Waals surface area contributed by atoms with Crippen molar-refractivity contribution < 1.29 is 4.79 Å². The SMILES string of the molecule is Nc1ccc2nc(SCC(=O)Nc3ccccn3)[nH]c2c1. The molecule has 7 heteroatoms. The molecule has 2 aromatic heterocycles. The number of hydrogen-bond acceptors (Lipinski definition) is 5. The second kappa shape index (κ2) is 5.84. The Morgan fingerprint density at radius 2 is 2.24 bits per heavy atom. The predicted molar refractivity (Wildman–Crippen MR) is 84.1 cm³/mol. The van der Waals surface area contributed by atoms with E-state index in [-0.39, 0.29) is 11.7 Å². The van der Waals surface area contributed by atoms with Crippen molar-refractivity contribution in [2.24, 2.45) is 0 Å². The molecule has 0 radical (unpaired) electrons. The molecule has 1 aromatic carbocycles. The van der Waals surface area contributed by atoms with Crippen LogP contribution >= 0.6 is 11.8 Å². The summed E-state index contributed by atoms with van der Waals surface area (Å²) in [4.78, 5) is 23.4. The van der Waals surface area contributed by atoms with E-state index in [4.69, 9.17) is 5.73 Å². The highest BCUT2D eigenvalue weighted by molar-refractivity contribution is 7.99. The molecular formula is C14H13N5OS. The maximum Gasteiger partial charge on any atom is 0.236 e. The third kappa shape index (κ3) is 3.32. The number of carbonyl (C=O) groups is 1. The molecule has 3 aromatic rings. The van der Waals surface area contributed by atoms with Crippen molar-refractivity contribution in [3.63, 3.8) is 0 Å². The summed E-state index contributed by atoms with van der Waals surface area (Å²) in [6.45, 7) is 0. The minimum atomic E-state index is -0.126. The summed E-state index contributed by atoms with van der Waals surface area (Å²) in [6, 6.07) is 10.8. The van der Waals surface area contributed by atoms with E-state index >= 15 is 0 Å². The average Bonchev–Trinajstić information content (AvgIpc) is 2.88. The highest BCUT2D eigenvalue weighted by Gasteiger charge is 2.08. The van der Waals surface area contributed by atoms with Crippen LogP contribution in [0.5, 0.6) is 0 Å². The smallest absolute Gasteiger partial charge is 0.236 e. The first-order valence-corrected chi connectivity index (χ1v) is 7.28. The number of H-pyrrole nitrogens is 1. The Labute approximate surface area is 125 Å². The number of rotatable bonds is 4. The van der Waals surface area contributed by atoms with E-state index in [9.17, 15) is 4.79 Å². The summed E-state index contributed by atoms with van der Waals surface area (Å²) in [7, 11) is 0. The molecule has 2 heterocycles. The predicted octanol–water partition coefficient (Wildman–Crippen LogP) is 2.27. The number of nitrogens with one attached hydrogen (secondary N) is 2. The average molecular weight is 299 g/mol. The highest BCUT2D eigenvalue weighted by atomic mass is 32.2. The second-order valence-corrected chi connectivity index (χ2v) is 5.33. The first kappa shape index (κ1) is 13.4. The lowest BCUT2D eigenvalue weighted by Gasteiger charge is -2.02. The van der Waals surface area contributed by atoms with E-state index in [1.54, 1.807) is 24.4 Å². The van der Waals surface area contributed by atoms with Gasteiger partial charge in [-0.3, -0.25) is 4.79 Å². The Hall–Kier alpha value is -2.54. The molecule has 106 valence electrons. The van der Waals surface area contributed by atoms with Gasteiger partial charge < -0.3 is 16.0 Å². The van der Waals surface area contributed by atoms with Crippen LogP contribution in [-0.4, -0.2) is 26.6 Å². The maximum absolute atomic E-state index is 11.8. The number of imidazole rings is 1. The Balaban J connectivity index is 1.62. The molecule has 0 saturated heterocycles. The number of carbonyl (C=O) groups excluding carboxylic acids is 1. The van der Waals surface area contributed by atoms with E-state index in [0.717, 1.165) is 11.0 Å². The summed E-state index contributed by atoms with van der Waals surface area (Å²) >= 11 is 1.33. The molecule has 0 bridgehead atoms. The van der Waals surface area contributed by atoms with E-state index in [1.165, 1.54) is 11.8 Å². The molecular weight excluding hydrogens is 286 g/mol. The van der Waals surface area contributed by atoms with Crippen LogP contribution in [0.15, 0.2) is 47.8 Å². The summed E-state index contributed by atoms with van der Waals surface area (Å²) in [5.41, 5.74) is 8.09. The number of pyridine rings is 1. The van der Waals surface area contributed by atoms with Crippen molar-refractivity contribution in [3.8, 4) is 0 Å². The van der Waals surface area contributed by atoms with Crippen LogP contribution in [0.3, 0.4) is 0 Å². The van der Waals surface area contributed by atoms with Gasteiger partial charge in [0.05, 0.1) is 16.8 Å². The lowest BCUT2D eigenvalue weighted by Crippen LogP contribution is -2.14. The van der Waals surface area contributed by atoms with Gasteiger partial charge in [-0.25, -0.2) is 9.97 Å². The number of anilines is 2. The fourth-order valence-corrected chi connectivity index (χ4v) is 2.51. The van der Waals surface area contributed by atoms with Crippen LogP contribution in [0.25, 0.3) is 11.0 Å². The molecule has 0 saturated carbocycles. The molecule has 4 N–H and O–H groups in total. The van der Waals surface area contributed by atoms with Crippen molar-refractivity contribution in [1.82, 2.24) is 15.0 Å². The van der Waals surface area contributed by atoms with E-state index in [0.29, 0.717) is 16.7 Å². The van der Waals surface area contributed by atoms with E-state index < -0.39 is 0 Å². The normalized spacial score (nSPS) is 10.7. The molecule has 0 aliphatic rings. The third-order valence-electron chi connectivity index (χ3n) is 2.76. The van der Waals surface area contributed by atoms with Gasteiger partial charge in [-0.2, -0.15) is 0 Å². The maximum atomic E-state index is 11.8. The van der Waals surface area contributed by atoms with Gasteiger partial charge >= 0.3 is 0 Å². The monoisotopic (exact) mass is 299 g/mol. The third-order valence-corrected chi connectivity index (χ3v) is 3.63. The van der Waals surface area contributed by atoms with Crippen LogP contribution < -0.4 is 11.1 Å². The van der Waals surface area contributed by atoms with Gasteiger partial charge in [-0.1, -0.05) is 17.8 Å². The first-order valence-electron chi connectivity index (χ1n) is 6.29. The van der Waals surface area contributed by atoms with E-state index in [2.05, 4.69) is 20.3 Å². The van der Waals surface area contributed by atoms with Gasteiger partial charge in [0.2, 0.25) is 5.91 Å². The number of aromatic amines is 1. The van der Waals surface area contributed by atoms with Gasteiger partial charge in [0.1, 0.15) is 5.82 Å². The van der Waals surface area contributed by atoms with Gasteiger partial charge in [0, 0.05) is 11.9 Å². The van der Waals surface area contributed by atoms with Crippen molar-refractivity contribution >= 4 is 40.2 Å². The number of aromatic nitrogens is 3. The quantitative estimate of drug-likeness (QED) is 0.507. The van der Waals surface area contributed by atoms with Gasteiger partial charge in [0.25, 0.3) is 0 Å². The zero-order valence-corrected chi connectivity index (χ0v) is 11.9. The number of nitrogens with two attached hydrogens (primary N) is 1.